The first-order valence-corrected chi connectivity index (χ1v) is 7.24. The zero-order valence-corrected chi connectivity index (χ0v) is 10.8. The minimum atomic E-state index is -2.90. The summed E-state index contributed by atoms with van der Waals surface area (Å²) in [5.41, 5.74) is 3.89. The molecule has 1 fully saturated rings. The molecule has 1 saturated heterocycles. The molecule has 2 aliphatic heterocycles. The molecule has 102 valence electrons. The molecule has 4 nitrogen and oxygen atoms in total. The van der Waals surface area contributed by atoms with Crippen molar-refractivity contribution < 1.29 is 13.0 Å². The minimum absolute atomic E-state index is 0.0853. The third kappa shape index (κ3) is 2.28. The second kappa shape index (κ2) is 4.97. The molecule has 0 amide bonds. The number of halogens is 2. The smallest absolute Gasteiger partial charge is 0.293 e. The molecule has 1 aromatic rings. The molecule has 3 rings (SSSR count). The van der Waals surface area contributed by atoms with Crippen LogP contribution in [0.25, 0.3) is 0 Å². The number of fused-ring (bicyclic) bond motifs is 1. The summed E-state index contributed by atoms with van der Waals surface area (Å²) in [7, 11) is -2.36. The van der Waals surface area contributed by atoms with Crippen molar-refractivity contribution in [3.05, 3.63) is 35.9 Å². The van der Waals surface area contributed by atoms with Gasteiger partial charge in [0.2, 0.25) is 5.17 Å². The fourth-order valence-corrected chi connectivity index (χ4v) is 3.12. The summed E-state index contributed by atoms with van der Waals surface area (Å²) >= 11 is 0. The van der Waals surface area contributed by atoms with E-state index in [2.05, 4.69) is 10.4 Å². The van der Waals surface area contributed by atoms with E-state index in [1.165, 1.54) is 0 Å². The lowest BCUT2D eigenvalue weighted by Crippen LogP contribution is -2.41. The van der Waals surface area contributed by atoms with Crippen LogP contribution in [0.1, 0.15) is 24.4 Å². The molecule has 2 aliphatic rings. The van der Waals surface area contributed by atoms with Gasteiger partial charge in [0.15, 0.2) is 10.8 Å². The zero-order valence-electron chi connectivity index (χ0n) is 10.00. The summed E-state index contributed by atoms with van der Waals surface area (Å²) < 4.78 is 36.2. The molecule has 0 aromatic heterocycles. The van der Waals surface area contributed by atoms with Gasteiger partial charge in [-0.05, 0) is 18.4 Å². The molecule has 3 atom stereocenters. The lowest BCUT2D eigenvalue weighted by molar-refractivity contribution is 0.183. The van der Waals surface area contributed by atoms with E-state index in [1.807, 2.05) is 35.3 Å². The molecule has 0 saturated carbocycles. The van der Waals surface area contributed by atoms with Crippen LogP contribution < -0.4 is 5.43 Å². The maximum absolute atomic E-state index is 12.4. The monoisotopic (exact) mass is 285 g/mol. The topological polar surface area (TPSA) is 44.7 Å². The second-order valence-electron chi connectivity index (χ2n) is 4.50. The molecule has 0 bridgehead atoms. The highest BCUT2D eigenvalue weighted by Gasteiger charge is 2.41. The van der Waals surface area contributed by atoms with Crippen molar-refractivity contribution in [2.75, 3.05) is 0 Å². The SMILES string of the molecule is O=[S@](C1=N[C@H]2CC[C@@H](c3ccccc3)N2N1)C(F)F. The van der Waals surface area contributed by atoms with Crippen molar-refractivity contribution in [1.29, 1.82) is 0 Å². The molecular formula is C12H13F2N3OS. The van der Waals surface area contributed by atoms with E-state index < -0.39 is 16.6 Å². The number of hydrazine groups is 1. The Kier molecular flexibility index (Phi) is 3.32. The van der Waals surface area contributed by atoms with Gasteiger partial charge in [0.05, 0.1) is 6.04 Å². The van der Waals surface area contributed by atoms with Crippen molar-refractivity contribution in [3.8, 4) is 0 Å². The van der Waals surface area contributed by atoms with Gasteiger partial charge in [-0.15, -0.1) is 0 Å². The van der Waals surface area contributed by atoms with E-state index in [9.17, 15) is 13.0 Å². The number of amidine groups is 1. The Labute approximate surface area is 111 Å². The first-order valence-electron chi connectivity index (χ1n) is 6.03. The molecule has 19 heavy (non-hydrogen) atoms. The Morgan fingerprint density at radius 2 is 2.05 bits per heavy atom. The largest absolute Gasteiger partial charge is 0.319 e. The van der Waals surface area contributed by atoms with Crippen LogP contribution in [0.5, 0.6) is 0 Å². The van der Waals surface area contributed by atoms with Crippen molar-refractivity contribution in [1.82, 2.24) is 10.4 Å². The van der Waals surface area contributed by atoms with Crippen LogP contribution in [-0.2, 0) is 10.8 Å². The van der Waals surface area contributed by atoms with Crippen LogP contribution in [0.4, 0.5) is 8.78 Å². The normalized spacial score (nSPS) is 28.1. The molecule has 0 unspecified atom stereocenters. The predicted molar refractivity (Wildman–Crippen MR) is 68.8 cm³/mol. The highest BCUT2D eigenvalue weighted by Crippen LogP contribution is 2.37. The van der Waals surface area contributed by atoms with Gasteiger partial charge in [0.1, 0.15) is 6.17 Å². The summed E-state index contributed by atoms with van der Waals surface area (Å²) in [6.45, 7) is 0. The second-order valence-corrected chi connectivity index (χ2v) is 5.83. The van der Waals surface area contributed by atoms with Gasteiger partial charge in [-0.1, -0.05) is 30.3 Å². The Morgan fingerprint density at radius 1 is 1.32 bits per heavy atom. The summed E-state index contributed by atoms with van der Waals surface area (Å²) in [4.78, 5) is 4.10. The average molecular weight is 285 g/mol. The third-order valence-electron chi connectivity index (χ3n) is 3.38. The summed E-state index contributed by atoms with van der Waals surface area (Å²) in [6.07, 6.45) is 1.49. The Balaban J connectivity index is 1.78. The van der Waals surface area contributed by atoms with E-state index in [4.69, 9.17) is 0 Å². The molecule has 0 spiro atoms. The van der Waals surface area contributed by atoms with Gasteiger partial charge >= 0.3 is 5.76 Å². The lowest BCUT2D eigenvalue weighted by atomic mass is 10.1. The number of aliphatic imine (C=N–C) groups is 1. The van der Waals surface area contributed by atoms with Crippen LogP contribution in [0.3, 0.4) is 0 Å². The van der Waals surface area contributed by atoms with Crippen LogP contribution in [0, 0.1) is 0 Å². The van der Waals surface area contributed by atoms with Gasteiger partial charge < -0.3 is 0 Å². The van der Waals surface area contributed by atoms with Crippen molar-refractivity contribution in [3.63, 3.8) is 0 Å². The van der Waals surface area contributed by atoms with Crippen LogP contribution in [-0.4, -0.2) is 26.3 Å². The van der Waals surface area contributed by atoms with Gasteiger partial charge in [0.25, 0.3) is 0 Å². The maximum atomic E-state index is 12.4. The Bertz CT molecular complexity index is 523. The number of hydrogen-bond donors (Lipinski definition) is 1. The first kappa shape index (κ1) is 12.7. The average Bonchev–Trinajstić information content (AvgIpc) is 2.98. The van der Waals surface area contributed by atoms with Gasteiger partial charge in [0, 0.05) is 0 Å². The maximum Gasteiger partial charge on any atom is 0.319 e. The standard InChI is InChI=1S/C12H13F2N3OS/c13-11(14)19(18)12-15-10-7-6-9(17(10)16-12)8-4-2-1-3-5-8/h1-5,9-11H,6-7H2,(H,15,16)/t9-,10+,19-/m0/s1. The van der Waals surface area contributed by atoms with Crippen LogP contribution in [0.2, 0.25) is 0 Å². The Morgan fingerprint density at radius 3 is 2.74 bits per heavy atom. The highest BCUT2D eigenvalue weighted by molar-refractivity contribution is 8.00. The van der Waals surface area contributed by atoms with E-state index in [1.54, 1.807) is 0 Å². The Hall–Kier alpha value is -1.34. The van der Waals surface area contributed by atoms with Gasteiger partial charge in [-0.2, -0.15) is 13.8 Å². The number of benzene rings is 1. The minimum Gasteiger partial charge on any atom is -0.293 e. The fourth-order valence-electron chi connectivity index (χ4n) is 2.53. The molecular weight excluding hydrogens is 272 g/mol. The third-order valence-corrected chi connectivity index (χ3v) is 4.28. The summed E-state index contributed by atoms with van der Waals surface area (Å²) in [5, 5.41) is 1.71. The summed E-state index contributed by atoms with van der Waals surface area (Å²) in [5.74, 6) is -2.90. The van der Waals surface area contributed by atoms with Crippen molar-refractivity contribution >= 4 is 16.0 Å². The number of nitrogens with one attached hydrogen (secondary N) is 1. The lowest BCUT2D eigenvalue weighted by Gasteiger charge is -2.23. The van der Waals surface area contributed by atoms with Crippen molar-refractivity contribution in [2.24, 2.45) is 4.99 Å². The number of hydrogen-bond acceptors (Lipinski definition) is 4. The molecule has 1 aromatic carbocycles. The van der Waals surface area contributed by atoms with Crippen LogP contribution in [0.15, 0.2) is 35.3 Å². The molecule has 2 heterocycles. The molecule has 7 heteroatoms. The predicted octanol–water partition coefficient (Wildman–Crippen LogP) is 2.00. The summed E-state index contributed by atoms with van der Waals surface area (Å²) in [6, 6.07) is 9.90. The van der Waals surface area contributed by atoms with E-state index >= 15 is 0 Å². The first-order chi connectivity index (χ1) is 9.16. The fraction of sp³-hybridized carbons (Fsp3) is 0.417. The van der Waals surface area contributed by atoms with Gasteiger partial charge in [-0.25, -0.2) is 9.20 Å². The molecule has 0 radical (unpaired) electrons. The molecule has 1 N–H and O–H groups in total. The zero-order chi connectivity index (χ0) is 13.4. The van der Waals surface area contributed by atoms with Gasteiger partial charge in [-0.3, -0.25) is 5.43 Å². The van der Waals surface area contributed by atoms with E-state index in [0.29, 0.717) is 0 Å². The number of alkyl halides is 2. The highest BCUT2D eigenvalue weighted by atomic mass is 32.2. The number of nitrogens with zero attached hydrogens (tertiary/aromatic N) is 2. The quantitative estimate of drug-likeness (QED) is 0.904. The van der Waals surface area contributed by atoms with Crippen molar-refractivity contribution in [2.45, 2.75) is 30.8 Å². The number of rotatable bonds is 2. The molecule has 0 aliphatic carbocycles. The van der Waals surface area contributed by atoms with Crippen LogP contribution >= 0.6 is 0 Å². The van der Waals surface area contributed by atoms with E-state index in [0.717, 1.165) is 18.4 Å². The van der Waals surface area contributed by atoms with E-state index in [-0.39, 0.29) is 17.4 Å².